The van der Waals surface area contributed by atoms with Gasteiger partial charge in [0.2, 0.25) is 5.91 Å². The lowest BCUT2D eigenvalue weighted by molar-refractivity contribution is -0.131. The smallest absolute Gasteiger partial charge is 0.246 e. The maximum absolute atomic E-state index is 11.8. The van der Waals surface area contributed by atoms with E-state index in [0.29, 0.717) is 17.8 Å². The number of rotatable bonds is 6. The summed E-state index contributed by atoms with van der Waals surface area (Å²) in [6.07, 6.45) is 3.89. The number of hydrogen-bond acceptors (Lipinski definition) is 3. The van der Waals surface area contributed by atoms with Crippen molar-refractivity contribution in [3.63, 3.8) is 0 Å². The first-order valence-corrected chi connectivity index (χ1v) is 8.15. The molecular formula is C16H30N2O2. The van der Waals surface area contributed by atoms with E-state index in [1.54, 1.807) is 0 Å². The second-order valence-electron chi connectivity index (χ2n) is 7.00. The number of carbonyl (C=O) groups is 1. The molecule has 1 aliphatic heterocycles. The number of amides is 1. The highest BCUT2D eigenvalue weighted by Crippen LogP contribution is 2.35. The molecule has 1 saturated carbocycles. The Balaban J connectivity index is 1.70. The van der Waals surface area contributed by atoms with Crippen LogP contribution in [0.5, 0.6) is 0 Å². The zero-order valence-electron chi connectivity index (χ0n) is 13.2. The van der Waals surface area contributed by atoms with Gasteiger partial charge in [0, 0.05) is 25.6 Å². The van der Waals surface area contributed by atoms with E-state index in [9.17, 15) is 4.79 Å². The third-order valence-electron chi connectivity index (χ3n) is 4.84. The summed E-state index contributed by atoms with van der Waals surface area (Å²) < 4.78 is 5.95. The quantitative estimate of drug-likeness (QED) is 0.781. The Morgan fingerprint density at radius 3 is 2.70 bits per heavy atom. The Labute approximate surface area is 123 Å². The molecule has 4 heteroatoms. The van der Waals surface area contributed by atoms with Gasteiger partial charge in [0.05, 0.1) is 6.10 Å². The minimum Gasteiger partial charge on any atom is -0.368 e. The molecule has 3 atom stereocenters. The Kier molecular flexibility index (Phi) is 5.85. The lowest BCUT2D eigenvalue weighted by Gasteiger charge is -2.37. The first kappa shape index (κ1) is 15.8. The van der Waals surface area contributed by atoms with Crippen molar-refractivity contribution in [1.29, 1.82) is 0 Å². The lowest BCUT2D eigenvalue weighted by atomic mass is 9.75. The molecule has 1 saturated heterocycles. The lowest BCUT2D eigenvalue weighted by Crippen LogP contribution is -2.48. The van der Waals surface area contributed by atoms with Crippen LogP contribution in [0.2, 0.25) is 0 Å². The van der Waals surface area contributed by atoms with Gasteiger partial charge in [0.25, 0.3) is 0 Å². The van der Waals surface area contributed by atoms with Crippen LogP contribution < -0.4 is 10.6 Å². The molecule has 0 aromatic heterocycles. The average Bonchev–Trinajstić information content (AvgIpc) is 2.34. The van der Waals surface area contributed by atoms with Gasteiger partial charge in [-0.1, -0.05) is 27.2 Å². The van der Waals surface area contributed by atoms with Gasteiger partial charge >= 0.3 is 0 Å². The molecule has 2 N–H and O–H groups in total. The SMILES string of the molecule is CC1CCC(C(C)C)C(OCC(=O)NCC2CNC2)C1. The van der Waals surface area contributed by atoms with Gasteiger partial charge < -0.3 is 15.4 Å². The van der Waals surface area contributed by atoms with Crippen molar-refractivity contribution in [2.45, 2.75) is 46.1 Å². The minimum absolute atomic E-state index is 0.0395. The zero-order valence-corrected chi connectivity index (χ0v) is 13.2. The van der Waals surface area contributed by atoms with Crippen LogP contribution in [0.15, 0.2) is 0 Å². The number of nitrogens with one attached hydrogen (secondary N) is 2. The molecule has 116 valence electrons. The van der Waals surface area contributed by atoms with Crippen molar-refractivity contribution < 1.29 is 9.53 Å². The molecule has 1 amide bonds. The molecule has 1 heterocycles. The normalized spacial score (nSPS) is 31.1. The molecule has 0 aromatic rings. The number of hydrogen-bond donors (Lipinski definition) is 2. The number of ether oxygens (including phenoxy) is 1. The molecule has 20 heavy (non-hydrogen) atoms. The standard InChI is InChI=1S/C16H30N2O2/c1-11(2)14-5-4-12(3)6-15(14)20-10-16(19)18-9-13-7-17-8-13/h11-15,17H,4-10H2,1-3H3,(H,18,19). The Hall–Kier alpha value is -0.610. The van der Waals surface area contributed by atoms with E-state index in [1.807, 2.05) is 0 Å². The van der Waals surface area contributed by atoms with Gasteiger partial charge in [-0.2, -0.15) is 0 Å². The van der Waals surface area contributed by atoms with Crippen LogP contribution in [0.3, 0.4) is 0 Å². The molecule has 2 rings (SSSR count). The fraction of sp³-hybridized carbons (Fsp3) is 0.938. The maximum atomic E-state index is 11.8. The predicted molar refractivity (Wildman–Crippen MR) is 80.5 cm³/mol. The molecule has 0 bridgehead atoms. The minimum atomic E-state index is 0.0395. The highest BCUT2D eigenvalue weighted by Gasteiger charge is 2.31. The van der Waals surface area contributed by atoms with Crippen LogP contribution in [-0.4, -0.2) is 38.3 Å². The van der Waals surface area contributed by atoms with Crippen LogP contribution in [0.1, 0.15) is 40.0 Å². The Bertz CT molecular complexity index is 316. The average molecular weight is 282 g/mol. The van der Waals surface area contributed by atoms with Crippen LogP contribution >= 0.6 is 0 Å². The molecule has 0 spiro atoms. The van der Waals surface area contributed by atoms with Crippen LogP contribution in [0, 0.1) is 23.7 Å². The molecule has 2 aliphatic rings. The summed E-state index contributed by atoms with van der Waals surface area (Å²) >= 11 is 0. The van der Waals surface area contributed by atoms with Crippen molar-refractivity contribution in [2.75, 3.05) is 26.2 Å². The summed E-state index contributed by atoms with van der Waals surface area (Å²) in [4.78, 5) is 11.8. The van der Waals surface area contributed by atoms with E-state index in [0.717, 1.165) is 32.0 Å². The van der Waals surface area contributed by atoms with Crippen molar-refractivity contribution in [3.05, 3.63) is 0 Å². The first-order chi connectivity index (χ1) is 9.56. The largest absolute Gasteiger partial charge is 0.368 e. The van der Waals surface area contributed by atoms with Crippen molar-refractivity contribution in [3.8, 4) is 0 Å². The maximum Gasteiger partial charge on any atom is 0.246 e. The molecule has 3 unspecified atom stereocenters. The van der Waals surface area contributed by atoms with Crippen LogP contribution in [-0.2, 0) is 9.53 Å². The molecule has 4 nitrogen and oxygen atoms in total. The van der Waals surface area contributed by atoms with Crippen molar-refractivity contribution in [1.82, 2.24) is 10.6 Å². The van der Waals surface area contributed by atoms with Gasteiger partial charge in [0.1, 0.15) is 6.61 Å². The topological polar surface area (TPSA) is 50.4 Å². The second-order valence-corrected chi connectivity index (χ2v) is 7.00. The summed E-state index contributed by atoms with van der Waals surface area (Å²) in [5.41, 5.74) is 0. The second kappa shape index (κ2) is 7.41. The van der Waals surface area contributed by atoms with E-state index in [2.05, 4.69) is 31.4 Å². The van der Waals surface area contributed by atoms with Crippen LogP contribution in [0.25, 0.3) is 0 Å². The first-order valence-electron chi connectivity index (χ1n) is 8.15. The Morgan fingerprint density at radius 2 is 2.10 bits per heavy atom. The van der Waals surface area contributed by atoms with E-state index in [4.69, 9.17) is 4.74 Å². The van der Waals surface area contributed by atoms with E-state index < -0.39 is 0 Å². The highest BCUT2D eigenvalue weighted by atomic mass is 16.5. The fourth-order valence-electron chi connectivity index (χ4n) is 3.29. The molecule has 0 radical (unpaired) electrons. The van der Waals surface area contributed by atoms with E-state index >= 15 is 0 Å². The third-order valence-corrected chi connectivity index (χ3v) is 4.84. The number of carbonyl (C=O) groups excluding carboxylic acids is 1. The van der Waals surface area contributed by atoms with Gasteiger partial charge in [-0.3, -0.25) is 4.79 Å². The van der Waals surface area contributed by atoms with Crippen molar-refractivity contribution in [2.24, 2.45) is 23.7 Å². The zero-order chi connectivity index (χ0) is 14.5. The fourth-order valence-corrected chi connectivity index (χ4v) is 3.29. The summed E-state index contributed by atoms with van der Waals surface area (Å²) in [5, 5.41) is 6.18. The monoisotopic (exact) mass is 282 g/mol. The summed E-state index contributed by atoms with van der Waals surface area (Å²) in [6.45, 7) is 9.87. The van der Waals surface area contributed by atoms with Gasteiger partial charge in [-0.15, -0.1) is 0 Å². The molecule has 2 fully saturated rings. The van der Waals surface area contributed by atoms with Gasteiger partial charge in [-0.25, -0.2) is 0 Å². The third kappa shape index (κ3) is 4.45. The highest BCUT2D eigenvalue weighted by molar-refractivity contribution is 5.77. The van der Waals surface area contributed by atoms with Gasteiger partial charge in [0.15, 0.2) is 0 Å². The van der Waals surface area contributed by atoms with E-state index in [-0.39, 0.29) is 18.6 Å². The van der Waals surface area contributed by atoms with Crippen molar-refractivity contribution >= 4 is 5.91 Å². The molecule has 0 aromatic carbocycles. The van der Waals surface area contributed by atoms with Crippen LogP contribution in [0.4, 0.5) is 0 Å². The Morgan fingerprint density at radius 1 is 1.35 bits per heavy atom. The molecular weight excluding hydrogens is 252 g/mol. The summed E-state index contributed by atoms with van der Waals surface area (Å²) in [5.74, 6) is 2.61. The summed E-state index contributed by atoms with van der Waals surface area (Å²) in [6, 6.07) is 0. The molecule has 1 aliphatic carbocycles. The van der Waals surface area contributed by atoms with Gasteiger partial charge in [-0.05, 0) is 30.6 Å². The van der Waals surface area contributed by atoms with E-state index in [1.165, 1.54) is 12.8 Å². The predicted octanol–water partition coefficient (Wildman–Crippen LogP) is 1.80. The summed E-state index contributed by atoms with van der Waals surface area (Å²) in [7, 11) is 0.